The second-order valence-corrected chi connectivity index (χ2v) is 6.13. The van der Waals surface area contributed by atoms with Gasteiger partial charge in [0.25, 0.3) is 0 Å². The molecule has 0 aliphatic heterocycles. The molecule has 25 heavy (non-hydrogen) atoms. The zero-order valence-electron chi connectivity index (χ0n) is 13.0. The number of nitrogens with zero attached hydrogens (tertiary/aromatic N) is 4. The number of hydrogen-bond donors (Lipinski definition) is 0. The van der Waals surface area contributed by atoms with E-state index in [0.29, 0.717) is 10.7 Å². The minimum Gasteiger partial charge on any atom is -0.229 e. The summed E-state index contributed by atoms with van der Waals surface area (Å²) in [6.45, 7) is 0. The first-order valence-electron chi connectivity index (χ1n) is 7.62. The number of halogens is 2. The van der Waals surface area contributed by atoms with Crippen LogP contribution < -0.4 is 0 Å². The van der Waals surface area contributed by atoms with Gasteiger partial charge in [-0.05, 0) is 6.07 Å². The van der Waals surface area contributed by atoms with Crippen molar-refractivity contribution < 1.29 is 0 Å². The molecule has 2 aromatic carbocycles. The molecule has 4 rings (SSSR count). The van der Waals surface area contributed by atoms with Gasteiger partial charge in [-0.15, -0.1) is 5.10 Å². The van der Waals surface area contributed by atoms with E-state index in [4.69, 9.17) is 28.3 Å². The Morgan fingerprint density at radius 3 is 2.12 bits per heavy atom. The summed E-state index contributed by atoms with van der Waals surface area (Å²) < 4.78 is 1.75. The number of hydrogen-bond acceptors (Lipinski definition) is 3. The van der Waals surface area contributed by atoms with Gasteiger partial charge < -0.3 is 0 Å². The van der Waals surface area contributed by atoms with E-state index >= 15 is 0 Å². The second kappa shape index (κ2) is 6.67. The van der Waals surface area contributed by atoms with Crippen LogP contribution in [-0.2, 0) is 0 Å². The molecule has 6 heteroatoms. The van der Waals surface area contributed by atoms with E-state index in [1.165, 1.54) is 0 Å². The van der Waals surface area contributed by atoms with Crippen molar-refractivity contribution in [2.45, 2.75) is 0 Å². The summed E-state index contributed by atoms with van der Waals surface area (Å²) in [7, 11) is 0. The first kappa shape index (κ1) is 15.8. The minimum atomic E-state index is 0.148. The van der Waals surface area contributed by atoms with E-state index in [2.05, 4.69) is 10.2 Å². The summed E-state index contributed by atoms with van der Waals surface area (Å²) in [5.74, 6) is 0. The van der Waals surface area contributed by atoms with Crippen molar-refractivity contribution in [2.24, 2.45) is 0 Å². The molecule has 0 aliphatic rings. The Bertz CT molecular complexity index is 1010. The monoisotopic (exact) mass is 366 g/mol. The molecule has 0 N–H and O–H groups in total. The summed E-state index contributed by atoms with van der Waals surface area (Å²) in [4.78, 5) is 0. The standard InChI is InChI=1S/C19H12Cl2N4/c20-18-17(12-22-23-19(18)21)25-16(14-9-5-2-6-10-14)11-15(24-25)13-7-3-1-4-8-13/h1-12H. The predicted octanol–water partition coefficient (Wildman–Crippen LogP) is 5.30. The van der Waals surface area contributed by atoms with Crippen molar-refractivity contribution in [3.63, 3.8) is 0 Å². The van der Waals surface area contributed by atoms with Gasteiger partial charge in [-0.1, -0.05) is 83.9 Å². The molecule has 0 saturated carbocycles. The van der Waals surface area contributed by atoms with Gasteiger partial charge in [0, 0.05) is 11.1 Å². The van der Waals surface area contributed by atoms with Crippen LogP contribution in [-0.4, -0.2) is 20.0 Å². The van der Waals surface area contributed by atoms with Crippen LogP contribution in [0.3, 0.4) is 0 Å². The Balaban J connectivity index is 1.96. The third-order valence-electron chi connectivity index (χ3n) is 3.81. The Hall–Kier alpha value is -2.69. The first-order chi connectivity index (χ1) is 12.2. The molecule has 0 radical (unpaired) electrons. The quantitative estimate of drug-likeness (QED) is 0.493. The number of rotatable bonds is 3. The highest BCUT2D eigenvalue weighted by Gasteiger charge is 2.17. The van der Waals surface area contributed by atoms with Crippen LogP contribution in [0.15, 0.2) is 72.9 Å². The molecular weight excluding hydrogens is 355 g/mol. The molecule has 0 spiro atoms. The Morgan fingerprint density at radius 1 is 0.800 bits per heavy atom. The van der Waals surface area contributed by atoms with E-state index in [-0.39, 0.29) is 5.15 Å². The smallest absolute Gasteiger partial charge is 0.172 e. The molecule has 0 saturated heterocycles. The Labute approximate surface area is 154 Å². The largest absolute Gasteiger partial charge is 0.229 e. The third-order valence-corrected chi connectivity index (χ3v) is 4.54. The Morgan fingerprint density at radius 2 is 1.44 bits per heavy atom. The fraction of sp³-hybridized carbons (Fsp3) is 0. The normalized spacial score (nSPS) is 10.8. The van der Waals surface area contributed by atoms with Crippen molar-refractivity contribution in [3.8, 4) is 28.2 Å². The van der Waals surface area contributed by atoms with Gasteiger partial charge >= 0.3 is 0 Å². The lowest BCUT2D eigenvalue weighted by Gasteiger charge is -2.09. The van der Waals surface area contributed by atoms with Gasteiger partial charge in [-0.3, -0.25) is 0 Å². The van der Waals surface area contributed by atoms with Gasteiger partial charge in [0.1, 0.15) is 10.7 Å². The molecule has 0 amide bonds. The summed E-state index contributed by atoms with van der Waals surface area (Å²) in [5.41, 5.74) is 4.35. The van der Waals surface area contributed by atoms with Gasteiger partial charge in [-0.2, -0.15) is 10.2 Å². The van der Waals surface area contributed by atoms with Crippen LogP contribution in [0.4, 0.5) is 0 Å². The average molecular weight is 367 g/mol. The van der Waals surface area contributed by atoms with Crippen molar-refractivity contribution in [2.75, 3.05) is 0 Å². The number of aromatic nitrogens is 4. The van der Waals surface area contributed by atoms with Crippen LogP contribution in [0.25, 0.3) is 28.2 Å². The molecule has 0 aliphatic carbocycles. The summed E-state index contributed by atoms with van der Waals surface area (Å²) in [6, 6.07) is 22.0. The molecule has 2 heterocycles. The maximum absolute atomic E-state index is 6.35. The summed E-state index contributed by atoms with van der Waals surface area (Å²) in [6.07, 6.45) is 1.56. The summed E-state index contributed by atoms with van der Waals surface area (Å²) >= 11 is 12.4. The van der Waals surface area contributed by atoms with Crippen LogP contribution in [0.5, 0.6) is 0 Å². The molecule has 4 nitrogen and oxygen atoms in total. The van der Waals surface area contributed by atoms with E-state index < -0.39 is 0 Å². The van der Waals surface area contributed by atoms with Gasteiger partial charge in [0.2, 0.25) is 0 Å². The predicted molar refractivity (Wildman–Crippen MR) is 100 cm³/mol. The highest BCUT2D eigenvalue weighted by Crippen LogP contribution is 2.32. The number of benzene rings is 2. The fourth-order valence-corrected chi connectivity index (χ4v) is 2.92. The summed E-state index contributed by atoms with van der Waals surface area (Å²) in [5, 5.41) is 12.9. The van der Waals surface area contributed by atoms with Crippen molar-refractivity contribution >= 4 is 23.2 Å². The molecular formula is C19H12Cl2N4. The molecule has 0 fully saturated rings. The minimum absolute atomic E-state index is 0.148. The molecule has 0 atom stereocenters. The van der Waals surface area contributed by atoms with E-state index in [1.807, 2.05) is 66.7 Å². The van der Waals surface area contributed by atoms with Crippen LogP contribution >= 0.6 is 23.2 Å². The maximum atomic E-state index is 6.35. The van der Waals surface area contributed by atoms with Gasteiger partial charge in [0.15, 0.2) is 5.15 Å². The lowest BCUT2D eigenvalue weighted by atomic mass is 10.1. The van der Waals surface area contributed by atoms with Gasteiger partial charge in [0.05, 0.1) is 17.6 Å². The average Bonchev–Trinajstić information content (AvgIpc) is 3.11. The van der Waals surface area contributed by atoms with Crippen LogP contribution in [0.2, 0.25) is 10.2 Å². The SMILES string of the molecule is Clc1nncc(-n2nc(-c3ccccc3)cc2-c2ccccc2)c1Cl. The third kappa shape index (κ3) is 3.02. The molecule has 0 bridgehead atoms. The Kier molecular flexibility index (Phi) is 4.22. The molecule has 2 aromatic heterocycles. The van der Waals surface area contributed by atoms with E-state index in [9.17, 15) is 0 Å². The van der Waals surface area contributed by atoms with Crippen LogP contribution in [0, 0.1) is 0 Å². The molecule has 4 aromatic rings. The zero-order valence-corrected chi connectivity index (χ0v) is 14.5. The van der Waals surface area contributed by atoms with E-state index in [1.54, 1.807) is 10.9 Å². The van der Waals surface area contributed by atoms with Crippen molar-refractivity contribution in [1.29, 1.82) is 0 Å². The van der Waals surface area contributed by atoms with E-state index in [0.717, 1.165) is 22.5 Å². The second-order valence-electron chi connectivity index (χ2n) is 5.39. The zero-order chi connectivity index (χ0) is 17.2. The lowest BCUT2D eigenvalue weighted by Crippen LogP contribution is -2.02. The highest BCUT2D eigenvalue weighted by molar-refractivity contribution is 6.42. The highest BCUT2D eigenvalue weighted by atomic mass is 35.5. The topological polar surface area (TPSA) is 43.6 Å². The van der Waals surface area contributed by atoms with Crippen molar-refractivity contribution in [3.05, 3.63) is 83.1 Å². The maximum Gasteiger partial charge on any atom is 0.172 e. The van der Waals surface area contributed by atoms with Gasteiger partial charge in [-0.25, -0.2) is 4.68 Å². The molecule has 122 valence electrons. The van der Waals surface area contributed by atoms with Crippen LogP contribution in [0.1, 0.15) is 0 Å². The fourth-order valence-electron chi connectivity index (χ4n) is 2.62. The lowest BCUT2D eigenvalue weighted by molar-refractivity contribution is 0.869. The first-order valence-corrected chi connectivity index (χ1v) is 8.37. The van der Waals surface area contributed by atoms with Crippen molar-refractivity contribution in [1.82, 2.24) is 20.0 Å². The molecule has 0 unspecified atom stereocenters.